The van der Waals surface area contributed by atoms with Crippen molar-refractivity contribution < 1.29 is 28.2 Å². The molecular formula is C28H26FN5O5S. The molecule has 2 N–H and O–H groups in total. The maximum atomic E-state index is 15.3. The number of rotatable bonds is 7. The maximum Gasteiger partial charge on any atom is 0.260 e. The number of aromatic nitrogens is 1. The van der Waals surface area contributed by atoms with Crippen LogP contribution in [0.1, 0.15) is 46.4 Å². The van der Waals surface area contributed by atoms with Crippen LogP contribution in [0.2, 0.25) is 0 Å². The molecule has 0 radical (unpaired) electrons. The van der Waals surface area contributed by atoms with Crippen LogP contribution in [0.3, 0.4) is 0 Å². The summed E-state index contributed by atoms with van der Waals surface area (Å²) in [6, 6.07) is 8.83. The Kier molecular flexibility index (Phi) is 5.49. The molecule has 12 heteroatoms. The molecule has 2 aliphatic heterocycles. The van der Waals surface area contributed by atoms with Crippen molar-refractivity contribution >= 4 is 44.2 Å². The van der Waals surface area contributed by atoms with Gasteiger partial charge in [0.25, 0.3) is 11.8 Å². The lowest BCUT2D eigenvalue weighted by Gasteiger charge is -2.66. The normalized spacial score (nSPS) is 27.5. The monoisotopic (exact) mass is 563 g/mol. The second-order valence-corrected chi connectivity index (χ2v) is 12.1. The first kappa shape index (κ1) is 25.0. The van der Waals surface area contributed by atoms with Gasteiger partial charge in [-0.3, -0.25) is 9.59 Å². The van der Waals surface area contributed by atoms with Crippen molar-refractivity contribution in [2.45, 2.75) is 43.3 Å². The molecule has 3 heterocycles. The van der Waals surface area contributed by atoms with Crippen LogP contribution < -0.4 is 25.0 Å². The molecular weight excluding hydrogens is 537 g/mol. The molecule has 2 atom stereocenters. The lowest BCUT2D eigenvalue weighted by Crippen LogP contribution is -2.74. The summed E-state index contributed by atoms with van der Waals surface area (Å²) in [6.45, 7) is 1.29. The van der Waals surface area contributed by atoms with Gasteiger partial charge in [-0.15, -0.1) is 0 Å². The Labute approximate surface area is 233 Å². The van der Waals surface area contributed by atoms with Crippen molar-refractivity contribution in [3.63, 3.8) is 0 Å². The summed E-state index contributed by atoms with van der Waals surface area (Å²) in [5.74, 6) is -1.57. The Morgan fingerprint density at radius 3 is 2.55 bits per heavy atom. The molecule has 2 aromatic carbocycles. The average Bonchev–Trinajstić information content (AvgIpc) is 3.31. The summed E-state index contributed by atoms with van der Waals surface area (Å²) in [7, 11) is 2.85. The number of halogens is 1. The topological polar surface area (TPSA) is 126 Å². The summed E-state index contributed by atoms with van der Waals surface area (Å²) >= 11 is 1.39. The highest BCUT2D eigenvalue weighted by molar-refractivity contribution is 7.22. The molecule has 3 aliphatic carbocycles. The van der Waals surface area contributed by atoms with E-state index in [0.717, 1.165) is 17.6 Å². The number of nitrogens with one attached hydrogen (secondary N) is 2. The summed E-state index contributed by atoms with van der Waals surface area (Å²) in [5, 5.41) is 15.8. The van der Waals surface area contributed by atoms with E-state index >= 15 is 4.39 Å². The molecule has 3 saturated carbocycles. The minimum absolute atomic E-state index is 0.0286. The number of morpholine rings is 1. The van der Waals surface area contributed by atoms with E-state index in [4.69, 9.17) is 19.2 Å². The van der Waals surface area contributed by atoms with Crippen molar-refractivity contribution in [3.05, 3.63) is 41.2 Å². The molecule has 3 aromatic rings. The van der Waals surface area contributed by atoms with Crippen LogP contribution in [-0.2, 0) is 4.74 Å². The lowest BCUT2D eigenvalue weighted by molar-refractivity contribution is -0.102. The number of carbonyl (C=O) groups is 2. The van der Waals surface area contributed by atoms with Gasteiger partial charge in [-0.25, -0.2) is 9.37 Å². The number of hydrogen-bond donors (Lipinski definition) is 2. The lowest BCUT2D eigenvalue weighted by atomic mass is 9.40. The Morgan fingerprint density at radius 2 is 1.90 bits per heavy atom. The second-order valence-electron chi connectivity index (χ2n) is 11.1. The van der Waals surface area contributed by atoms with Crippen LogP contribution in [0.25, 0.3) is 10.2 Å². The van der Waals surface area contributed by atoms with Gasteiger partial charge in [0.15, 0.2) is 5.13 Å². The third-order valence-corrected chi connectivity index (χ3v) is 9.65. The number of fused-ring (bicyclic) bond motifs is 3. The third-order valence-electron chi connectivity index (χ3n) is 8.55. The molecule has 5 fully saturated rings. The Morgan fingerprint density at radius 1 is 1.15 bits per heavy atom. The van der Waals surface area contributed by atoms with Gasteiger partial charge in [0.05, 0.1) is 72.5 Å². The van der Waals surface area contributed by atoms with Crippen molar-refractivity contribution in [1.82, 2.24) is 10.3 Å². The number of thiazole rings is 1. The Hall–Kier alpha value is -3.95. The van der Waals surface area contributed by atoms with Gasteiger partial charge >= 0.3 is 0 Å². The minimum Gasteiger partial charge on any atom is -0.497 e. The van der Waals surface area contributed by atoms with Gasteiger partial charge in [0.2, 0.25) is 0 Å². The molecule has 0 spiro atoms. The molecule has 4 bridgehead atoms. The van der Waals surface area contributed by atoms with Crippen LogP contribution in [0, 0.1) is 22.6 Å². The number of methoxy groups -OCH3 is 2. The van der Waals surface area contributed by atoms with Crippen molar-refractivity contribution in [3.8, 4) is 17.6 Å². The van der Waals surface area contributed by atoms with Crippen molar-refractivity contribution in [1.29, 1.82) is 5.26 Å². The van der Waals surface area contributed by atoms with Crippen LogP contribution >= 0.6 is 11.3 Å². The molecule has 5 aliphatic rings. The first-order valence-electron chi connectivity index (χ1n) is 13.0. The molecule has 2 amide bonds. The number of nitrogens with zero attached hydrogens (tertiary/aromatic N) is 3. The number of nitriles is 1. The first-order valence-corrected chi connectivity index (χ1v) is 13.9. The zero-order chi connectivity index (χ0) is 27.8. The molecule has 10 nitrogen and oxygen atoms in total. The van der Waals surface area contributed by atoms with Gasteiger partial charge in [-0.1, -0.05) is 11.3 Å². The molecule has 1 aromatic heterocycles. The van der Waals surface area contributed by atoms with E-state index in [0.29, 0.717) is 48.4 Å². The highest BCUT2D eigenvalue weighted by Crippen LogP contribution is 2.66. The fourth-order valence-electron chi connectivity index (χ4n) is 6.66. The van der Waals surface area contributed by atoms with E-state index in [9.17, 15) is 14.9 Å². The summed E-state index contributed by atoms with van der Waals surface area (Å²) in [5.41, 5.74) is -0.326. The first-order chi connectivity index (χ1) is 19.3. The van der Waals surface area contributed by atoms with E-state index < -0.39 is 23.2 Å². The molecule has 8 rings (SSSR count). The SMILES string of the molecule is COc1cc(F)c(C(=O)NC23CC(C#N)(C2)C3)c(NC(=O)c2c(OC)ccc3nc(N4C5COCC4C5)sc23)c1. The number of anilines is 2. The standard InChI is InChI=1S/C28H26FN5O5S/c1-37-16-6-17(29)21(25(36)33-28-10-27(11-28,12-28)13-30)19(7-16)31-24(35)22-20(38-2)4-3-18-23(22)40-26(32-18)34-14-5-15(34)9-39-8-14/h3-4,6-7,14-15H,5,8-12H2,1-2H3,(H,31,35)(H,33,36). The van der Waals surface area contributed by atoms with E-state index in [1.807, 2.05) is 0 Å². The summed E-state index contributed by atoms with van der Waals surface area (Å²) in [4.78, 5) is 34.1. The fourth-order valence-corrected chi connectivity index (χ4v) is 7.91. The zero-order valence-corrected chi connectivity index (χ0v) is 22.7. The van der Waals surface area contributed by atoms with E-state index in [2.05, 4.69) is 21.6 Å². The number of carbonyl (C=O) groups excluding carboxylic acids is 2. The van der Waals surface area contributed by atoms with E-state index in [-0.39, 0.29) is 40.1 Å². The van der Waals surface area contributed by atoms with E-state index in [1.165, 1.54) is 31.6 Å². The highest BCUT2D eigenvalue weighted by Gasteiger charge is 2.69. The highest BCUT2D eigenvalue weighted by atomic mass is 32.1. The molecule has 2 saturated heterocycles. The number of benzene rings is 2. The Balaban J connectivity index is 1.22. The summed E-state index contributed by atoms with van der Waals surface area (Å²) < 4.78 is 32.3. The number of hydrogen-bond acceptors (Lipinski definition) is 9. The third kappa shape index (κ3) is 3.64. The van der Waals surface area contributed by atoms with Crippen molar-refractivity contribution in [2.75, 3.05) is 37.7 Å². The summed E-state index contributed by atoms with van der Waals surface area (Å²) in [6.07, 6.45) is 2.68. The Bertz CT molecular complexity index is 1600. The molecule has 40 heavy (non-hydrogen) atoms. The zero-order valence-electron chi connectivity index (χ0n) is 21.9. The van der Waals surface area contributed by atoms with Gasteiger partial charge < -0.3 is 29.7 Å². The fraction of sp³-hybridized carbons (Fsp3) is 0.429. The van der Waals surface area contributed by atoms with E-state index in [1.54, 1.807) is 12.1 Å². The van der Waals surface area contributed by atoms with Gasteiger partial charge in [-0.2, -0.15) is 5.26 Å². The minimum atomic E-state index is -0.828. The largest absolute Gasteiger partial charge is 0.497 e. The van der Waals surface area contributed by atoms with Crippen molar-refractivity contribution in [2.24, 2.45) is 5.41 Å². The van der Waals surface area contributed by atoms with Crippen LogP contribution in [0.15, 0.2) is 24.3 Å². The molecule has 206 valence electrons. The predicted molar refractivity (Wildman–Crippen MR) is 145 cm³/mol. The van der Waals surface area contributed by atoms with Gasteiger partial charge in [0.1, 0.15) is 22.9 Å². The van der Waals surface area contributed by atoms with Crippen LogP contribution in [0.5, 0.6) is 11.5 Å². The number of amides is 2. The quantitative estimate of drug-likeness (QED) is 0.444. The van der Waals surface area contributed by atoms with Crippen LogP contribution in [-0.4, -0.2) is 61.9 Å². The van der Waals surface area contributed by atoms with Gasteiger partial charge in [-0.05, 0) is 37.8 Å². The molecule has 2 unspecified atom stereocenters. The predicted octanol–water partition coefficient (Wildman–Crippen LogP) is 3.86. The second kappa shape index (κ2) is 8.78. The average molecular weight is 564 g/mol. The maximum absolute atomic E-state index is 15.3. The number of ether oxygens (including phenoxy) is 3. The smallest absolute Gasteiger partial charge is 0.260 e. The van der Waals surface area contributed by atoms with Crippen LogP contribution in [0.4, 0.5) is 15.2 Å². The van der Waals surface area contributed by atoms with Gasteiger partial charge in [0, 0.05) is 17.7 Å².